The summed E-state index contributed by atoms with van der Waals surface area (Å²) in [6, 6.07) is -1.17. The number of hydrogen-bond donors (Lipinski definition) is 2. The van der Waals surface area contributed by atoms with Crippen molar-refractivity contribution in [2.75, 3.05) is 26.3 Å². The predicted molar refractivity (Wildman–Crippen MR) is 57.2 cm³/mol. The number of carbonyl (C=O) groups is 2. The van der Waals surface area contributed by atoms with Crippen molar-refractivity contribution < 1.29 is 19.4 Å². The van der Waals surface area contributed by atoms with Gasteiger partial charge in [0.25, 0.3) is 0 Å². The Bertz CT molecular complexity index is 262. The fraction of sp³-hybridized carbons (Fsp3) is 0.800. The van der Waals surface area contributed by atoms with E-state index in [-0.39, 0.29) is 11.9 Å². The third-order valence-electron chi connectivity index (χ3n) is 2.51. The first kappa shape index (κ1) is 12.8. The molecule has 1 atom stereocenters. The lowest BCUT2D eigenvalue weighted by molar-refractivity contribution is -0.140. The van der Waals surface area contributed by atoms with Gasteiger partial charge < -0.3 is 20.1 Å². The van der Waals surface area contributed by atoms with E-state index in [4.69, 9.17) is 9.84 Å². The lowest BCUT2D eigenvalue weighted by atomic mass is 10.1. The van der Waals surface area contributed by atoms with Gasteiger partial charge >= 0.3 is 12.0 Å². The number of amides is 2. The molecule has 2 amide bonds. The summed E-state index contributed by atoms with van der Waals surface area (Å²) in [4.78, 5) is 24.2. The number of rotatable bonds is 3. The van der Waals surface area contributed by atoms with Gasteiger partial charge in [-0.05, 0) is 5.92 Å². The van der Waals surface area contributed by atoms with Crippen LogP contribution >= 0.6 is 0 Å². The zero-order valence-electron chi connectivity index (χ0n) is 9.60. The molecule has 1 saturated heterocycles. The molecule has 0 aromatic rings. The molecular weight excluding hydrogens is 212 g/mol. The van der Waals surface area contributed by atoms with Gasteiger partial charge in [-0.2, -0.15) is 0 Å². The third-order valence-corrected chi connectivity index (χ3v) is 2.51. The van der Waals surface area contributed by atoms with Gasteiger partial charge in [0, 0.05) is 13.1 Å². The summed E-state index contributed by atoms with van der Waals surface area (Å²) in [5, 5.41) is 11.5. The Morgan fingerprint density at radius 1 is 1.31 bits per heavy atom. The average molecular weight is 230 g/mol. The highest BCUT2D eigenvalue weighted by Crippen LogP contribution is 2.04. The molecule has 16 heavy (non-hydrogen) atoms. The van der Waals surface area contributed by atoms with Crippen LogP contribution < -0.4 is 5.32 Å². The zero-order chi connectivity index (χ0) is 12.1. The van der Waals surface area contributed by atoms with Gasteiger partial charge in [-0.3, -0.25) is 0 Å². The highest BCUT2D eigenvalue weighted by Gasteiger charge is 2.26. The van der Waals surface area contributed by atoms with Crippen molar-refractivity contribution >= 4 is 12.0 Å². The molecule has 1 aliphatic rings. The third kappa shape index (κ3) is 3.37. The molecule has 1 rings (SSSR count). The molecule has 0 aromatic carbocycles. The first-order valence-electron chi connectivity index (χ1n) is 5.38. The summed E-state index contributed by atoms with van der Waals surface area (Å²) in [5.41, 5.74) is 0. The molecule has 1 fully saturated rings. The van der Waals surface area contributed by atoms with Crippen LogP contribution in [0.2, 0.25) is 0 Å². The van der Waals surface area contributed by atoms with Crippen LogP contribution in [0.25, 0.3) is 0 Å². The van der Waals surface area contributed by atoms with Crippen LogP contribution in [-0.2, 0) is 9.53 Å². The minimum absolute atomic E-state index is 0.137. The molecule has 0 radical (unpaired) electrons. The van der Waals surface area contributed by atoms with E-state index in [0.29, 0.717) is 26.3 Å². The number of nitrogens with zero attached hydrogens (tertiary/aromatic N) is 1. The van der Waals surface area contributed by atoms with E-state index in [1.165, 1.54) is 0 Å². The number of carboxylic acids is 1. The van der Waals surface area contributed by atoms with Gasteiger partial charge in [-0.15, -0.1) is 0 Å². The number of nitrogens with one attached hydrogen (secondary N) is 1. The summed E-state index contributed by atoms with van der Waals surface area (Å²) >= 11 is 0. The molecule has 2 N–H and O–H groups in total. The monoisotopic (exact) mass is 230 g/mol. The molecule has 92 valence electrons. The number of hydrogen-bond acceptors (Lipinski definition) is 3. The summed E-state index contributed by atoms with van der Waals surface area (Å²) in [5.74, 6) is -1.14. The Balaban J connectivity index is 2.50. The first-order valence-corrected chi connectivity index (χ1v) is 5.38. The fourth-order valence-corrected chi connectivity index (χ4v) is 1.50. The van der Waals surface area contributed by atoms with Crippen molar-refractivity contribution in [1.82, 2.24) is 10.2 Å². The van der Waals surface area contributed by atoms with Crippen LogP contribution in [0.3, 0.4) is 0 Å². The smallest absolute Gasteiger partial charge is 0.326 e. The maximum Gasteiger partial charge on any atom is 0.326 e. The molecule has 6 heteroatoms. The van der Waals surface area contributed by atoms with Gasteiger partial charge in [0.05, 0.1) is 13.2 Å². The van der Waals surface area contributed by atoms with E-state index in [9.17, 15) is 9.59 Å². The second-order valence-corrected chi connectivity index (χ2v) is 4.11. The van der Waals surface area contributed by atoms with Crippen LogP contribution in [0, 0.1) is 5.92 Å². The molecule has 0 spiro atoms. The van der Waals surface area contributed by atoms with Gasteiger partial charge in [-0.1, -0.05) is 13.8 Å². The van der Waals surface area contributed by atoms with Crippen molar-refractivity contribution in [1.29, 1.82) is 0 Å². The zero-order valence-corrected chi connectivity index (χ0v) is 9.60. The maximum absolute atomic E-state index is 11.7. The fourth-order valence-electron chi connectivity index (χ4n) is 1.50. The topological polar surface area (TPSA) is 78.9 Å². The minimum Gasteiger partial charge on any atom is -0.480 e. The number of carboxylic acid groups (broad SMARTS) is 1. The molecule has 0 bridgehead atoms. The van der Waals surface area contributed by atoms with E-state index < -0.39 is 12.0 Å². The number of ether oxygens (including phenoxy) is 1. The summed E-state index contributed by atoms with van der Waals surface area (Å²) < 4.78 is 5.11. The Labute approximate surface area is 94.6 Å². The second kappa shape index (κ2) is 5.69. The van der Waals surface area contributed by atoms with Gasteiger partial charge in [-0.25, -0.2) is 9.59 Å². The Hall–Kier alpha value is -1.30. The van der Waals surface area contributed by atoms with E-state index in [0.717, 1.165) is 0 Å². The van der Waals surface area contributed by atoms with E-state index in [1.54, 1.807) is 18.7 Å². The molecule has 1 unspecified atom stereocenters. The van der Waals surface area contributed by atoms with Crippen molar-refractivity contribution in [3.05, 3.63) is 0 Å². The van der Waals surface area contributed by atoms with Gasteiger partial charge in [0.1, 0.15) is 6.04 Å². The quantitative estimate of drug-likeness (QED) is 0.722. The number of carbonyl (C=O) groups excluding carboxylic acids is 1. The summed E-state index contributed by atoms with van der Waals surface area (Å²) in [6.07, 6.45) is 0. The lowest BCUT2D eigenvalue weighted by Gasteiger charge is -2.29. The van der Waals surface area contributed by atoms with Crippen LogP contribution in [0.1, 0.15) is 13.8 Å². The van der Waals surface area contributed by atoms with Crippen LogP contribution in [0.4, 0.5) is 4.79 Å². The molecular formula is C10H18N2O4. The molecule has 0 aromatic heterocycles. The standard InChI is InChI=1S/C10H18N2O4/c1-7(2)8(9(13)14)11-10(15)12-3-5-16-6-4-12/h7-8H,3-6H2,1-2H3,(H,11,15)(H,13,14). The molecule has 1 heterocycles. The molecule has 0 saturated carbocycles. The van der Waals surface area contributed by atoms with Gasteiger partial charge in [0.2, 0.25) is 0 Å². The van der Waals surface area contributed by atoms with Crippen molar-refractivity contribution in [3.8, 4) is 0 Å². The molecule has 0 aliphatic carbocycles. The molecule has 6 nitrogen and oxygen atoms in total. The van der Waals surface area contributed by atoms with Crippen molar-refractivity contribution in [2.45, 2.75) is 19.9 Å². The SMILES string of the molecule is CC(C)C(NC(=O)N1CCOCC1)C(=O)O. The van der Waals surface area contributed by atoms with Crippen LogP contribution in [-0.4, -0.2) is 54.4 Å². The average Bonchev–Trinajstić information content (AvgIpc) is 2.25. The van der Waals surface area contributed by atoms with Crippen molar-refractivity contribution in [2.24, 2.45) is 5.92 Å². The number of urea groups is 1. The Morgan fingerprint density at radius 2 is 1.88 bits per heavy atom. The second-order valence-electron chi connectivity index (χ2n) is 4.11. The summed E-state index contributed by atoms with van der Waals surface area (Å²) in [7, 11) is 0. The van der Waals surface area contributed by atoms with Gasteiger partial charge in [0.15, 0.2) is 0 Å². The molecule has 1 aliphatic heterocycles. The van der Waals surface area contributed by atoms with E-state index in [2.05, 4.69) is 5.32 Å². The van der Waals surface area contributed by atoms with Crippen LogP contribution in [0.5, 0.6) is 0 Å². The highest BCUT2D eigenvalue weighted by molar-refractivity contribution is 5.82. The Kier molecular flexibility index (Phi) is 4.54. The lowest BCUT2D eigenvalue weighted by Crippen LogP contribution is -2.52. The van der Waals surface area contributed by atoms with E-state index >= 15 is 0 Å². The minimum atomic E-state index is -1.00. The highest BCUT2D eigenvalue weighted by atomic mass is 16.5. The first-order chi connectivity index (χ1) is 7.52. The normalized spacial score (nSPS) is 18.3. The van der Waals surface area contributed by atoms with Crippen molar-refractivity contribution in [3.63, 3.8) is 0 Å². The predicted octanol–water partition coefficient (Wildman–Crippen LogP) is 0.137. The largest absolute Gasteiger partial charge is 0.480 e. The number of morpholine rings is 1. The van der Waals surface area contributed by atoms with E-state index in [1.807, 2.05) is 0 Å². The Morgan fingerprint density at radius 3 is 2.31 bits per heavy atom. The maximum atomic E-state index is 11.7. The summed E-state index contributed by atoms with van der Waals surface area (Å²) in [6.45, 7) is 5.56. The number of aliphatic carboxylic acids is 1. The van der Waals surface area contributed by atoms with Crippen LogP contribution in [0.15, 0.2) is 0 Å².